The highest BCUT2D eigenvalue weighted by Crippen LogP contribution is 2.40. The molecule has 10 heteroatoms. The van der Waals surface area contributed by atoms with Crippen molar-refractivity contribution < 1.29 is 4.79 Å². The number of nitrogens with one attached hydrogen (secondary N) is 3. The molecular formula is C20H21N7O2S. The second-order valence-electron chi connectivity index (χ2n) is 7.54. The van der Waals surface area contributed by atoms with Gasteiger partial charge in [0.1, 0.15) is 28.3 Å². The van der Waals surface area contributed by atoms with Crippen LogP contribution in [-0.4, -0.2) is 49.5 Å². The molecule has 0 bridgehead atoms. The van der Waals surface area contributed by atoms with Gasteiger partial charge < -0.3 is 15.2 Å². The lowest BCUT2D eigenvalue weighted by atomic mass is 9.87. The number of fused-ring (bicyclic) bond motifs is 4. The van der Waals surface area contributed by atoms with Crippen molar-refractivity contribution in [3.8, 4) is 0 Å². The molecule has 5 rings (SSSR count). The molecule has 0 fully saturated rings. The number of anilines is 2. The first-order valence-electron chi connectivity index (χ1n) is 9.88. The molecule has 0 spiro atoms. The van der Waals surface area contributed by atoms with E-state index in [1.54, 1.807) is 28.5 Å². The number of pyridine rings is 1. The zero-order valence-corrected chi connectivity index (χ0v) is 17.5. The van der Waals surface area contributed by atoms with E-state index < -0.39 is 0 Å². The van der Waals surface area contributed by atoms with Gasteiger partial charge in [0, 0.05) is 29.8 Å². The van der Waals surface area contributed by atoms with Crippen LogP contribution in [0.1, 0.15) is 23.8 Å². The SMILES string of the molecule is CCN(C)C(=O)C1CCc2c(sc3ncnc(Nc4cc5cn[nH]c5[nH]c4=O)c23)C1. The van der Waals surface area contributed by atoms with Crippen LogP contribution in [0.4, 0.5) is 11.5 Å². The summed E-state index contributed by atoms with van der Waals surface area (Å²) in [7, 11) is 1.85. The molecular weight excluding hydrogens is 402 g/mol. The number of aryl methyl sites for hydroxylation is 1. The van der Waals surface area contributed by atoms with Gasteiger partial charge in [-0.25, -0.2) is 9.97 Å². The molecule has 0 saturated heterocycles. The molecule has 4 aromatic rings. The third kappa shape index (κ3) is 3.04. The van der Waals surface area contributed by atoms with E-state index in [9.17, 15) is 9.59 Å². The third-order valence-electron chi connectivity index (χ3n) is 5.75. The van der Waals surface area contributed by atoms with E-state index in [-0.39, 0.29) is 17.4 Å². The Morgan fingerprint density at radius 2 is 2.27 bits per heavy atom. The Balaban J connectivity index is 1.52. The number of rotatable bonds is 4. The lowest BCUT2D eigenvalue weighted by Gasteiger charge is -2.26. The maximum absolute atomic E-state index is 12.6. The number of carbonyl (C=O) groups excluding carboxylic acids is 1. The summed E-state index contributed by atoms with van der Waals surface area (Å²) in [5, 5.41) is 11.6. The van der Waals surface area contributed by atoms with Gasteiger partial charge in [0.25, 0.3) is 5.56 Å². The highest BCUT2D eigenvalue weighted by atomic mass is 32.1. The van der Waals surface area contributed by atoms with Crippen LogP contribution in [0.3, 0.4) is 0 Å². The zero-order valence-electron chi connectivity index (χ0n) is 16.7. The van der Waals surface area contributed by atoms with Gasteiger partial charge in [0.15, 0.2) is 0 Å². The highest BCUT2D eigenvalue weighted by Gasteiger charge is 2.30. The van der Waals surface area contributed by atoms with E-state index >= 15 is 0 Å². The van der Waals surface area contributed by atoms with Crippen LogP contribution in [0.5, 0.6) is 0 Å². The van der Waals surface area contributed by atoms with Gasteiger partial charge >= 0.3 is 0 Å². The van der Waals surface area contributed by atoms with Crippen molar-refractivity contribution in [3.05, 3.63) is 39.4 Å². The summed E-state index contributed by atoms with van der Waals surface area (Å²) in [4.78, 5) is 40.6. The van der Waals surface area contributed by atoms with Gasteiger partial charge in [0.05, 0.1) is 11.6 Å². The minimum atomic E-state index is -0.254. The monoisotopic (exact) mass is 423 g/mol. The van der Waals surface area contributed by atoms with Gasteiger partial charge in [-0.3, -0.25) is 14.7 Å². The predicted molar refractivity (Wildman–Crippen MR) is 116 cm³/mol. The average Bonchev–Trinajstić information content (AvgIpc) is 3.36. The predicted octanol–water partition coefficient (Wildman–Crippen LogP) is 2.58. The summed E-state index contributed by atoms with van der Waals surface area (Å²) < 4.78 is 0. The van der Waals surface area contributed by atoms with Crippen LogP contribution in [0, 0.1) is 5.92 Å². The average molecular weight is 424 g/mol. The van der Waals surface area contributed by atoms with Crippen LogP contribution >= 0.6 is 11.3 Å². The summed E-state index contributed by atoms with van der Waals surface area (Å²) in [5.41, 5.74) is 1.91. The molecule has 30 heavy (non-hydrogen) atoms. The minimum absolute atomic E-state index is 0.00576. The Morgan fingerprint density at radius 1 is 1.40 bits per heavy atom. The Bertz CT molecular complexity index is 1320. The minimum Gasteiger partial charge on any atom is -0.346 e. The van der Waals surface area contributed by atoms with Gasteiger partial charge in [-0.15, -0.1) is 11.3 Å². The Hall–Kier alpha value is -3.27. The fourth-order valence-electron chi connectivity index (χ4n) is 4.01. The number of amides is 1. The van der Waals surface area contributed by atoms with E-state index in [0.29, 0.717) is 23.7 Å². The molecule has 0 aliphatic heterocycles. The molecule has 9 nitrogen and oxygen atoms in total. The first-order valence-corrected chi connectivity index (χ1v) is 10.7. The largest absolute Gasteiger partial charge is 0.346 e. The van der Waals surface area contributed by atoms with E-state index in [0.717, 1.165) is 34.9 Å². The second-order valence-corrected chi connectivity index (χ2v) is 8.62. The van der Waals surface area contributed by atoms with Gasteiger partial charge in [-0.2, -0.15) is 5.10 Å². The molecule has 4 aromatic heterocycles. The lowest BCUT2D eigenvalue weighted by Crippen LogP contribution is -2.35. The van der Waals surface area contributed by atoms with Crippen molar-refractivity contribution in [2.75, 3.05) is 18.9 Å². The molecule has 3 N–H and O–H groups in total. The van der Waals surface area contributed by atoms with Crippen molar-refractivity contribution in [1.29, 1.82) is 0 Å². The molecule has 1 aliphatic rings. The van der Waals surface area contributed by atoms with Crippen LogP contribution in [0.2, 0.25) is 0 Å². The molecule has 0 aromatic carbocycles. The second kappa shape index (κ2) is 7.21. The first-order chi connectivity index (χ1) is 14.5. The van der Waals surface area contributed by atoms with Crippen molar-refractivity contribution in [2.45, 2.75) is 26.2 Å². The van der Waals surface area contributed by atoms with Crippen LogP contribution in [0.25, 0.3) is 21.3 Å². The van der Waals surface area contributed by atoms with E-state index in [1.807, 2.05) is 14.0 Å². The molecule has 0 saturated carbocycles. The Kier molecular flexibility index (Phi) is 4.50. The maximum Gasteiger partial charge on any atom is 0.273 e. The Labute approximate surface area is 175 Å². The number of H-pyrrole nitrogens is 2. The summed E-state index contributed by atoms with van der Waals surface area (Å²) >= 11 is 1.61. The summed E-state index contributed by atoms with van der Waals surface area (Å²) in [5.74, 6) is 0.817. The first kappa shape index (κ1) is 18.7. The Morgan fingerprint density at radius 3 is 3.10 bits per heavy atom. The van der Waals surface area contributed by atoms with Crippen LogP contribution in [0.15, 0.2) is 23.4 Å². The molecule has 0 radical (unpaired) electrons. The van der Waals surface area contributed by atoms with Crippen molar-refractivity contribution in [3.63, 3.8) is 0 Å². The van der Waals surface area contributed by atoms with Crippen molar-refractivity contribution >= 4 is 50.0 Å². The van der Waals surface area contributed by atoms with Crippen LogP contribution in [-0.2, 0) is 17.6 Å². The van der Waals surface area contributed by atoms with E-state index in [2.05, 4.69) is 30.5 Å². The number of aromatic nitrogens is 5. The normalized spacial score (nSPS) is 16.0. The number of thiophene rings is 1. The number of nitrogens with zero attached hydrogens (tertiary/aromatic N) is 4. The third-order valence-corrected chi connectivity index (χ3v) is 6.91. The smallest absolute Gasteiger partial charge is 0.273 e. The van der Waals surface area contributed by atoms with Crippen molar-refractivity contribution in [1.82, 2.24) is 30.0 Å². The van der Waals surface area contributed by atoms with Gasteiger partial charge in [-0.05, 0) is 37.8 Å². The van der Waals surface area contributed by atoms with Crippen molar-refractivity contribution in [2.24, 2.45) is 5.92 Å². The fraction of sp³-hybridized carbons (Fsp3) is 0.350. The number of hydrogen-bond acceptors (Lipinski definition) is 7. The van der Waals surface area contributed by atoms with Crippen LogP contribution < -0.4 is 10.9 Å². The summed E-state index contributed by atoms with van der Waals surface area (Å²) in [6.07, 6.45) is 5.48. The zero-order chi connectivity index (χ0) is 20.8. The number of carbonyl (C=O) groups is 1. The van der Waals surface area contributed by atoms with Gasteiger partial charge in [0.2, 0.25) is 5.91 Å². The highest BCUT2D eigenvalue weighted by molar-refractivity contribution is 7.19. The quantitative estimate of drug-likeness (QED) is 0.464. The molecule has 154 valence electrons. The molecule has 1 amide bonds. The fourth-order valence-corrected chi connectivity index (χ4v) is 5.28. The number of aromatic amines is 2. The number of hydrogen-bond donors (Lipinski definition) is 3. The molecule has 1 atom stereocenters. The maximum atomic E-state index is 12.6. The van der Waals surface area contributed by atoms with E-state index in [1.165, 1.54) is 16.8 Å². The lowest BCUT2D eigenvalue weighted by molar-refractivity contribution is -0.134. The standard InChI is InChI=1S/C20H21N7O2S/c1-3-27(2)20(29)10-4-5-12-14(7-10)30-19-15(12)17(21-9-22-19)24-13-6-11-8-23-26-16(11)25-18(13)28/h6,8-10H,3-5,7H2,1-2H3,(H,21,22,24)(H2,23,25,26,28). The molecule has 1 aliphatic carbocycles. The summed E-state index contributed by atoms with van der Waals surface area (Å²) in [6, 6.07) is 1.75. The molecule has 1 unspecified atom stereocenters. The molecule has 4 heterocycles. The van der Waals surface area contributed by atoms with Gasteiger partial charge in [-0.1, -0.05) is 0 Å². The summed E-state index contributed by atoms with van der Waals surface area (Å²) in [6.45, 7) is 2.70. The topological polar surface area (TPSA) is 120 Å². The van der Waals surface area contributed by atoms with E-state index in [4.69, 9.17) is 0 Å².